The first-order valence-electron chi connectivity index (χ1n) is 7.62. The van der Waals surface area contributed by atoms with E-state index in [4.69, 9.17) is 10.5 Å². The first-order valence-corrected chi connectivity index (χ1v) is 7.62. The molecule has 1 unspecified atom stereocenters. The fourth-order valence-corrected chi connectivity index (χ4v) is 2.38. The van der Waals surface area contributed by atoms with Gasteiger partial charge in [-0.2, -0.15) is 0 Å². The molecule has 1 rings (SSSR count). The third kappa shape index (κ3) is 6.04. The number of methoxy groups -OCH3 is 1. The lowest BCUT2D eigenvalue weighted by Crippen LogP contribution is -2.37. The van der Waals surface area contributed by atoms with Gasteiger partial charge in [-0.25, -0.2) is 0 Å². The molecule has 0 aromatic heterocycles. The van der Waals surface area contributed by atoms with Gasteiger partial charge in [-0.1, -0.05) is 45.0 Å². The summed E-state index contributed by atoms with van der Waals surface area (Å²) >= 11 is 0. The van der Waals surface area contributed by atoms with Gasteiger partial charge in [0.05, 0.1) is 6.61 Å². The highest BCUT2D eigenvalue weighted by atomic mass is 16.5. The van der Waals surface area contributed by atoms with Crippen LogP contribution in [0.4, 0.5) is 0 Å². The molecule has 0 bridgehead atoms. The van der Waals surface area contributed by atoms with Crippen LogP contribution in [0, 0.1) is 5.92 Å². The molecule has 0 spiro atoms. The maximum absolute atomic E-state index is 6.35. The van der Waals surface area contributed by atoms with Crippen molar-refractivity contribution in [3.05, 3.63) is 35.4 Å². The summed E-state index contributed by atoms with van der Waals surface area (Å²) in [5.74, 6) is 0.640. The van der Waals surface area contributed by atoms with E-state index < -0.39 is 0 Å². The molecule has 1 atom stereocenters. The van der Waals surface area contributed by atoms with Crippen molar-refractivity contribution in [1.82, 2.24) is 4.90 Å². The van der Waals surface area contributed by atoms with Gasteiger partial charge in [0, 0.05) is 32.8 Å². The second kappa shape index (κ2) is 9.11. The van der Waals surface area contributed by atoms with Crippen molar-refractivity contribution in [2.45, 2.75) is 33.2 Å². The second-order valence-electron chi connectivity index (χ2n) is 5.85. The Morgan fingerprint density at radius 2 is 1.80 bits per heavy atom. The highest BCUT2D eigenvalue weighted by Gasteiger charge is 2.13. The summed E-state index contributed by atoms with van der Waals surface area (Å²) in [6.07, 6.45) is 1.07. The van der Waals surface area contributed by atoms with Gasteiger partial charge in [0.1, 0.15) is 0 Å². The Morgan fingerprint density at radius 1 is 1.15 bits per heavy atom. The number of aryl methyl sites for hydroxylation is 1. The number of benzene rings is 1. The van der Waals surface area contributed by atoms with E-state index in [0.29, 0.717) is 5.92 Å². The van der Waals surface area contributed by atoms with Gasteiger partial charge in [0.25, 0.3) is 0 Å². The topological polar surface area (TPSA) is 38.5 Å². The lowest BCUT2D eigenvalue weighted by molar-refractivity contribution is 0.136. The highest BCUT2D eigenvalue weighted by Crippen LogP contribution is 2.14. The van der Waals surface area contributed by atoms with Crippen molar-refractivity contribution < 1.29 is 4.74 Å². The highest BCUT2D eigenvalue weighted by molar-refractivity contribution is 5.25. The van der Waals surface area contributed by atoms with Crippen LogP contribution >= 0.6 is 0 Å². The number of hydrogen-bond donors (Lipinski definition) is 1. The van der Waals surface area contributed by atoms with Gasteiger partial charge < -0.3 is 10.5 Å². The van der Waals surface area contributed by atoms with Crippen LogP contribution in [0.1, 0.15) is 37.9 Å². The van der Waals surface area contributed by atoms with Crippen molar-refractivity contribution >= 4 is 0 Å². The Balaban J connectivity index is 2.60. The van der Waals surface area contributed by atoms with Gasteiger partial charge >= 0.3 is 0 Å². The van der Waals surface area contributed by atoms with Crippen LogP contribution in [-0.2, 0) is 11.2 Å². The molecule has 0 saturated heterocycles. The summed E-state index contributed by atoms with van der Waals surface area (Å²) < 4.78 is 5.19. The van der Waals surface area contributed by atoms with E-state index in [1.165, 1.54) is 11.1 Å². The molecule has 3 heteroatoms. The van der Waals surface area contributed by atoms with Crippen LogP contribution in [-0.4, -0.2) is 38.3 Å². The predicted molar refractivity (Wildman–Crippen MR) is 85.9 cm³/mol. The number of ether oxygens (including phenoxy) is 1. The van der Waals surface area contributed by atoms with E-state index >= 15 is 0 Å². The molecule has 0 aliphatic heterocycles. The third-order valence-corrected chi connectivity index (χ3v) is 3.51. The van der Waals surface area contributed by atoms with E-state index in [1.54, 1.807) is 7.11 Å². The molecule has 0 saturated carbocycles. The number of nitrogens with zero attached hydrogens (tertiary/aromatic N) is 1. The monoisotopic (exact) mass is 278 g/mol. The van der Waals surface area contributed by atoms with E-state index in [-0.39, 0.29) is 6.04 Å². The van der Waals surface area contributed by atoms with Crippen LogP contribution < -0.4 is 5.73 Å². The van der Waals surface area contributed by atoms with E-state index in [2.05, 4.69) is 49.9 Å². The van der Waals surface area contributed by atoms with Gasteiger partial charge in [0.15, 0.2) is 0 Å². The molecule has 0 aliphatic rings. The molecule has 1 aromatic carbocycles. The molecule has 114 valence electrons. The Bertz CT molecular complexity index is 362. The fourth-order valence-electron chi connectivity index (χ4n) is 2.38. The van der Waals surface area contributed by atoms with Crippen LogP contribution in [0.5, 0.6) is 0 Å². The Morgan fingerprint density at radius 3 is 2.30 bits per heavy atom. The summed E-state index contributed by atoms with van der Waals surface area (Å²) in [5.41, 5.74) is 8.93. The predicted octanol–water partition coefficient (Wildman–Crippen LogP) is 2.85. The minimum atomic E-state index is 0.0662. The van der Waals surface area contributed by atoms with Crippen molar-refractivity contribution in [1.29, 1.82) is 0 Å². The van der Waals surface area contributed by atoms with Crippen molar-refractivity contribution in [3.8, 4) is 0 Å². The van der Waals surface area contributed by atoms with Crippen molar-refractivity contribution in [2.75, 3.05) is 33.4 Å². The quantitative estimate of drug-likeness (QED) is 0.755. The van der Waals surface area contributed by atoms with E-state index in [0.717, 1.165) is 32.7 Å². The lowest BCUT2D eigenvalue weighted by atomic mass is 10.0. The molecule has 0 heterocycles. The molecule has 0 fully saturated rings. The normalized spacial score (nSPS) is 13.2. The SMILES string of the molecule is CCc1ccc(C(N)CN(CCOC)CC(C)C)cc1. The minimum Gasteiger partial charge on any atom is -0.383 e. The zero-order valence-electron chi connectivity index (χ0n) is 13.4. The first kappa shape index (κ1) is 17.2. The van der Waals surface area contributed by atoms with Gasteiger partial charge in [-0.3, -0.25) is 4.90 Å². The number of nitrogens with two attached hydrogens (primary N) is 1. The third-order valence-electron chi connectivity index (χ3n) is 3.51. The molecule has 0 amide bonds. The number of hydrogen-bond acceptors (Lipinski definition) is 3. The average Bonchev–Trinajstić information content (AvgIpc) is 2.44. The van der Waals surface area contributed by atoms with Crippen molar-refractivity contribution in [3.63, 3.8) is 0 Å². The van der Waals surface area contributed by atoms with Crippen LogP contribution in [0.15, 0.2) is 24.3 Å². The molecule has 2 N–H and O–H groups in total. The van der Waals surface area contributed by atoms with Crippen LogP contribution in [0.25, 0.3) is 0 Å². The van der Waals surface area contributed by atoms with Gasteiger partial charge in [0.2, 0.25) is 0 Å². The Hall–Kier alpha value is -0.900. The largest absolute Gasteiger partial charge is 0.383 e. The maximum atomic E-state index is 6.35. The van der Waals surface area contributed by atoms with E-state index in [9.17, 15) is 0 Å². The zero-order valence-corrected chi connectivity index (χ0v) is 13.4. The molecule has 0 aliphatic carbocycles. The Labute approximate surface area is 124 Å². The lowest BCUT2D eigenvalue weighted by Gasteiger charge is -2.27. The zero-order chi connectivity index (χ0) is 15.0. The Kier molecular flexibility index (Phi) is 7.82. The average molecular weight is 278 g/mol. The molecule has 1 aromatic rings. The smallest absolute Gasteiger partial charge is 0.0589 e. The molecule has 20 heavy (non-hydrogen) atoms. The maximum Gasteiger partial charge on any atom is 0.0589 e. The minimum absolute atomic E-state index is 0.0662. The van der Waals surface area contributed by atoms with Crippen LogP contribution in [0.2, 0.25) is 0 Å². The van der Waals surface area contributed by atoms with Gasteiger partial charge in [-0.15, -0.1) is 0 Å². The molecule has 3 nitrogen and oxygen atoms in total. The molecular formula is C17H30N2O. The molecular weight excluding hydrogens is 248 g/mol. The second-order valence-corrected chi connectivity index (χ2v) is 5.85. The standard InChI is InChI=1S/C17H30N2O/c1-5-15-6-8-16(9-7-15)17(18)13-19(10-11-20-4)12-14(2)3/h6-9,14,17H,5,10-13,18H2,1-4H3. The summed E-state index contributed by atoms with van der Waals surface area (Å²) in [6, 6.07) is 8.74. The van der Waals surface area contributed by atoms with Crippen LogP contribution in [0.3, 0.4) is 0 Å². The summed E-state index contributed by atoms with van der Waals surface area (Å²) in [5, 5.41) is 0. The van der Waals surface area contributed by atoms with Crippen molar-refractivity contribution in [2.24, 2.45) is 11.7 Å². The van der Waals surface area contributed by atoms with Gasteiger partial charge in [-0.05, 0) is 23.5 Å². The summed E-state index contributed by atoms with van der Waals surface area (Å²) in [6.45, 7) is 10.3. The van der Waals surface area contributed by atoms with E-state index in [1.807, 2.05) is 0 Å². The summed E-state index contributed by atoms with van der Waals surface area (Å²) in [4.78, 5) is 2.40. The first-order chi connectivity index (χ1) is 9.56. The fraction of sp³-hybridized carbons (Fsp3) is 0.647. The molecule has 0 radical (unpaired) electrons. The number of rotatable bonds is 9. The summed E-state index contributed by atoms with van der Waals surface area (Å²) in [7, 11) is 1.75.